The Kier molecular flexibility index (Phi) is 6.55. The molecule has 4 aromatic rings. The number of methoxy groups -OCH3 is 2. The first kappa shape index (κ1) is 21.2. The van der Waals surface area contributed by atoms with Crippen LogP contribution in [0.1, 0.15) is 23.0 Å². The number of ether oxygens (including phenoxy) is 2. The monoisotopic (exact) mass is 430 g/mol. The van der Waals surface area contributed by atoms with Gasteiger partial charge in [-0.05, 0) is 53.9 Å². The van der Waals surface area contributed by atoms with Crippen molar-refractivity contribution in [3.63, 3.8) is 0 Å². The third-order valence-electron chi connectivity index (χ3n) is 5.25. The standard InChI is InChI=1S/C25H26N4O3/c1-31-19-11-7-17(8-12-19)15-23(24-27-21-5-3-4-6-22(21)28-24)29-25(30)26-16-18-9-13-20(32-2)14-10-18/h3-14,23H,15-16H2,1-2H3,(H,27,28)(H2,26,29,30). The number of fused-ring (bicyclic) bond motifs is 1. The van der Waals surface area contributed by atoms with Crippen LogP contribution in [0.25, 0.3) is 11.0 Å². The molecule has 0 spiro atoms. The first-order valence-electron chi connectivity index (χ1n) is 10.4. The van der Waals surface area contributed by atoms with Gasteiger partial charge in [0, 0.05) is 6.54 Å². The minimum Gasteiger partial charge on any atom is -0.497 e. The lowest BCUT2D eigenvalue weighted by Gasteiger charge is -2.18. The Morgan fingerprint density at radius 3 is 2.16 bits per heavy atom. The average Bonchev–Trinajstić information content (AvgIpc) is 3.27. The third kappa shape index (κ3) is 5.18. The fourth-order valence-electron chi connectivity index (χ4n) is 3.49. The number of carbonyl (C=O) groups excluding carboxylic acids is 1. The second kappa shape index (κ2) is 9.87. The molecule has 32 heavy (non-hydrogen) atoms. The van der Waals surface area contributed by atoms with Gasteiger partial charge in [0.05, 0.1) is 31.3 Å². The van der Waals surface area contributed by atoms with E-state index in [-0.39, 0.29) is 12.1 Å². The summed E-state index contributed by atoms with van der Waals surface area (Å²) in [5.74, 6) is 2.28. The van der Waals surface area contributed by atoms with Gasteiger partial charge in [-0.15, -0.1) is 0 Å². The molecule has 0 aliphatic rings. The van der Waals surface area contributed by atoms with Gasteiger partial charge in [-0.1, -0.05) is 36.4 Å². The van der Waals surface area contributed by atoms with Gasteiger partial charge < -0.3 is 25.1 Å². The third-order valence-corrected chi connectivity index (χ3v) is 5.25. The molecule has 1 heterocycles. The summed E-state index contributed by atoms with van der Waals surface area (Å²) in [5.41, 5.74) is 3.84. The van der Waals surface area contributed by atoms with E-state index in [1.165, 1.54) is 0 Å². The largest absolute Gasteiger partial charge is 0.497 e. The summed E-state index contributed by atoms with van der Waals surface area (Å²) in [4.78, 5) is 20.8. The van der Waals surface area contributed by atoms with Gasteiger partial charge >= 0.3 is 6.03 Å². The molecule has 0 saturated heterocycles. The van der Waals surface area contributed by atoms with Crippen LogP contribution in [0.3, 0.4) is 0 Å². The van der Waals surface area contributed by atoms with E-state index >= 15 is 0 Å². The van der Waals surface area contributed by atoms with Gasteiger partial charge in [-0.3, -0.25) is 0 Å². The van der Waals surface area contributed by atoms with E-state index in [2.05, 4.69) is 15.6 Å². The number of para-hydroxylation sites is 2. The maximum absolute atomic E-state index is 12.7. The van der Waals surface area contributed by atoms with Crippen LogP contribution >= 0.6 is 0 Å². The van der Waals surface area contributed by atoms with Crippen molar-refractivity contribution in [3.8, 4) is 11.5 Å². The van der Waals surface area contributed by atoms with Gasteiger partial charge in [-0.2, -0.15) is 0 Å². The highest BCUT2D eigenvalue weighted by Crippen LogP contribution is 2.21. The van der Waals surface area contributed by atoms with Crippen molar-refractivity contribution in [2.75, 3.05) is 14.2 Å². The molecule has 164 valence electrons. The van der Waals surface area contributed by atoms with Crippen LogP contribution in [0.15, 0.2) is 72.8 Å². The van der Waals surface area contributed by atoms with Gasteiger partial charge in [0.25, 0.3) is 0 Å². The zero-order valence-electron chi connectivity index (χ0n) is 18.1. The first-order valence-corrected chi connectivity index (χ1v) is 10.4. The van der Waals surface area contributed by atoms with E-state index in [0.717, 1.165) is 33.7 Å². The molecule has 0 bridgehead atoms. The highest BCUT2D eigenvalue weighted by atomic mass is 16.5. The van der Waals surface area contributed by atoms with E-state index < -0.39 is 0 Å². The van der Waals surface area contributed by atoms with Gasteiger partial charge in [0.1, 0.15) is 17.3 Å². The van der Waals surface area contributed by atoms with Crippen LogP contribution in [0.5, 0.6) is 11.5 Å². The highest BCUT2D eigenvalue weighted by Gasteiger charge is 2.19. The van der Waals surface area contributed by atoms with Crippen molar-refractivity contribution < 1.29 is 14.3 Å². The molecular formula is C25H26N4O3. The number of carbonyl (C=O) groups is 1. The van der Waals surface area contributed by atoms with Crippen molar-refractivity contribution in [1.82, 2.24) is 20.6 Å². The maximum Gasteiger partial charge on any atom is 0.315 e. The second-order valence-electron chi connectivity index (χ2n) is 7.42. The Labute approximate surface area is 186 Å². The topological polar surface area (TPSA) is 88.3 Å². The van der Waals surface area contributed by atoms with Crippen molar-refractivity contribution in [2.45, 2.75) is 19.0 Å². The summed E-state index contributed by atoms with van der Waals surface area (Å²) in [5, 5.41) is 5.99. The smallest absolute Gasteiger partial charge is 0.315 e. The number of hydrogen-bond acceptors (Lipinski definition) is 4. The number of imidazole rings is 1. The molecule has 2 amide bonds. The fraction of sp³-hybridized carbons (Fsp3) is 0.200. The number of urea groups is 1. The van der Waals surface area contributed by atoms with Gasteiger partial charge in [0.15, 0.2) is 0 Å². The number of nitrogens with one attached hydrogen (secondary N) is 3. The van der Waals surface area contributed by atoms with E-state index in [1.807, 2.05) is 72.8 Å². The molecule has 3 N–H and O–H groups in total. The number of rotatable bonds is 8. The van der Waals surface area contributed by atoms with E-state index in [9.17, 15) is 4.79 Å². The lowest BCUT2D eigenvalue weighted by atomic mass is 10.1. The zero-order chi connectivity index (χ0) is 22.3. The summed E-state index contributed by atoms with van der Waals surface area (Å²) >= 11 is 0. The fourth-order valence-corrected chi connectivity index (χ4v) is 3.49. The lowest BCUT2D eigenvalue weighted by Crippen LogP contribution is -2.38. The zero-order valence-corrected chi connectivity index (χ0v) is 18.1. The Bertz CT molecular complexity index is 1140. The summed E-state index contributed by atoms with van der Waals surface area (Å²) in [6, 6.07) is 22.6. The van der Waals surface area contributed by atoms with Crippen molar-refractivity contribution in [2.24, 2.45) is 0 Å². The first-order chi connectivity index (χ1) is 15.6. The van der Waals surface area contributed by atoms with E-state index in [0.29, 0.717) is 18.8 Å². The van der Waals surface area contributed by atoms with Crippen LogP contribution in [-0.4, -0.2) is 30.2 Å². The summed E-state index contributed by atoms with van der Waals surface area (Å²) < 4.78 is 10.4. The predicted octanol–water partition coefficient (Wildman–Crippen LogP) is 4.36. The second-order valence-corrected chi connectivity index (χ2v) is 7.42. The molecular weight excluding hydrogens is 404 g/mol. The number of amides is 2. The Balaban J connectivity index is 1.48. The molecule has 0 radical (unpaired) electrons. The maximum atomic E-state index is 12.7. The lowest BCUT2D eigenvalue weighted by molar-refractivity contribution is 0.236. The normalized spacial score (nSPS) is 11.7. The van der Waals surface area contributed by atoms with Crippen LogP contribution in [0.4, 0.5) is 4.79 Å². The predicted molar refractivity (Wildman–Crippen MR) is 124 cm³/mol. The summed E-state index contributed by atoms with van der Waals surface area (Å²) in [7, 11) is 3.27. The van der Waals surface area contributed by atoms with Crippen LogP contribution < -0.4 is 20.1 Å². The quantitative estimate of drug-likeness (QED) is 0.387. The Morgan fingerprint density at radius 1 is 0.906 bits per heavy atom. The Morgan fingerprint density at radius 2 is 1.53 bits per heavy atom. The number of hydrogen-bond donors (Lipinski definition) is 3. The molecule has 1 atom stereocenters. The molecule has 0 fully saturated rings. The minimum absolute atomic E-state index is 0.264. The summed E-state index contributed by atoms with van der Waals surface area (Å²) in [6.45, 7) is 0.408. The van der Waals surface area contributed by atoms with Crippen LogP contribution in [0.2, 0.25) is 0 Å². The molecule has 7 heteroatoms. The van der Waals surface area contributed by atoms with Gasteiger partial charge in [0.2, 0.25) is 0 Å². The SMILES string of the molecule is COc1ccc(CNC(=O)NC(Cc2ccc(OC)cc2)c2nc3ccccc3[nH]2)cc1. The number of nitrogens with zero attached hydrogens (tertiary/aromatic N) is 1. The molecule has 3 aromatic carbocycles. The molecule has 4 rings (SSSR count). The van der Waals surface area contributed by atoms with Crippen molar-refractivity contribution >= 4 is 17.1 Å². The molecule has 0 aliphatic carbocycles. The van der Waals surface area contributed by atoms with Crippen molar-refractivity contribution in [3.05, 3.63) is 89.7 Å². The highest BCUT2D eigenvalue weighted by molar-refractivity contribution is 5.76. The average molecular weight is 431 g/mol. The number of aromatic amines is 1. The van der Waals surface area contributed by atoms with Crippen molar-refractivity contribution in [1.29, 1.82) is 0 Å². The number of aromatic nitrogens is 2. The molecule has 1 unspecified atom stereocenters. The van der Waals surface area contributed by atoms with E-state index in [4.69, 9.17) is 14.5 Å². The van der Waals surface area contributed by atoms with E-state index in [1.54, 1.807) is 14.2 Å². The van der Waals surface area contributed by atoms with Crippen LogP contribution in [-0.2, 0) is 13.0 Å². The molecule has 1 aromatic heterocycles. The summed E-state index contributed by atoms with van der Waals surface area (Å²) in [6.07, 6.45) is 0.583. The van der Waals surface area contributed by atoms with Gasteiger partial charge in [-0.25, -0.2) is 9.78 Å². The molecule has 0 saturated carbocycles. The molecule has 0 aliphatic heterocycles. The molecule has 7 nitrogen and oxygen atoms in total. The minimum atomic E-state index is -0.327. The van der Waals surface area contributed by atoms with Crippen LogP contribution in [0, 0.1) is 0 Å². The number of benzene rings is 3. The number of H-pyrrole nitrogens is 1. The Hall–Kier alpha value is -4.00.